The van der Waals surface area contributed by atoms with Crippen LogP contribution in [0.25, 0.3) is 0 Å². The Bertz CT molecular complexity index is 522. The van der Waals surface area contributed by atoms with Crippen LogP contribution in [0.1, 0.15) is 48.7 Å². The number of aryl methyl sites for hydroxylation is 1. The summed E-state index contributed by atoms with van der Waals surface area (Å²) < 4.78 is 10.5. The number of aromatic nitrogens is 1. The van der Waals surface area contributed by atoms with Crippen LogP contribution in [0.15, 0.2) is 10.8 Å². The highest BCUT2D eigenvalue weighted by Gasteiger charge is 2.42. The number of likely N-dealkylation sites (tertiary alicyclic amines) is 1. The van der Waals surface area contributed by atoms with Gasteiger partial charge in [-0.1, -0.05) is 12.1 Å². The zero-order valence-corrected chi connectivity index (χ0v) is 13.1. The molecule has 1 unspecified atom stereocenters. The second kappa shape index (κ2) is 6.38. The van der Waals surface area contributed by atoms with E-state index in [0.717, 1.165) is 38.9 Å². The summed E-state index contributed by atoms with van der Waals surface area (Å²) >= 11 is 0. The maximum atomic E-state index is 12.9. The number of aliphatic hydroxyl groups excluding tert-OH is 1. The molecule has 0 saturated carbocycles. The third-order valence-corrected chi connectivity index (χ3v) is 5.19. The van der Waals surface area contributed by atoms with Gasteiger partial charge < -0.3 is 19.3 Å². The maximum absolute atomic E-state index is 12.9. The van der Waals surface area contributed by atoms with Gasteiger partial charge in [0.2, 0.25) is 0 Å². The number of rotatable bonds is 3. The smallest absolute Gasteiger partial charge is 0.259 e. The van der Waals surface area contributed by atoms with Gasteiger partial charge in [0, 0.05) is 19.8 Å². The zero-order valence-electron chi connectivity index (χ0n) is 13.1. The Balaban J connectivity index is 1.83. The minimum atomic E-state index is -0.111. The van der Waals surface area contributed by atoms with Crippen molar-refractivity contribution in [3.05, 3.63) is 17.5 Å². The van der Waals surface area contributed by atoms with Crippen molar-refractivity contribution in [1.29, 1.82) is 0 Å². The van der Waals surface area contributed by atoms with Crippen molar-refractivity contribution < 1.29 is 19.2 Å². The summed E-state index contributed by atoms with van der Waals surface area (Å²) in [4.78, 5) is 14.8. The van der Waals surface area contributed by atoms with Crippen LogP contribution in [-0.4, -0.2) is 53.5 Å². The van der Waals surface area contributed by atoms with Crippen molar-refractivity contribution in [2.24, 2.45) is 5.41 Å². The molecular weight excluding hydrogens is 284 g/mol. The minimum absolute atomic E-state index is 0.00502. The molecule has 1 aromatic rings. The number of piperidine rings is 1. The van der Waals surface area contributed by atoms with Gasteiger partial charge in [0.05, 0.1) is 18.3 Å². The minimum Gasteiger partial charge on any atom is -0.394 e. The van der Waals surface area contributed by atoms with Gasteiger partial charge in [0.15, 0.2) is 0 Å². The average Bonchev–Trinajstić information content (AvgIpc) is 3.03. The molecule has 2 aliphatic heterocycles. The molecule has 1 spiro atoms. The molecule has 6 heteroatoms. The molecule has 122 valence electrons. The molecule has 2 saturated heterocycles. The molecule has 0 aliphatic carbocycles. The summed E-state index contributed by atoms with van der Waals surface area (Å²) in [6.07, 6.45) is 5.96. The summed E-state index contributed by atoms with van der Waals surface area (Å²) in [7, 11) is 0. The number of amides is 1. The highest BCUT2D eigenvalue weighted by molar-refractivity contribution is 5.95. The van der Waals surface area contributed by atoms with Gasteiger partial charge in [-0.3, -0.25) is 4.79 Å². The van der Waals surface area contributed by atoms with Crippen molar-refractivity contribution in [2.75, 3.05) is 26.4 Å². The van der Waals surface area contributed by atoms with E-state index in [0.29, 0.717) is 24.2 Å². The number of nitrogens with zero attached hydrogens (tertiary/aromatic N) is 2. The molecule has 0 aromatic carbocycles. The lowest BCUT2D eigenvalue weighted by Crippen LogP contribution is -2.54. The van der Waals surface area contributed by atoms with Gasteiger partial charge in [-0.05, 0) is 37.5 Å². The first kappa shape index (κ1) is 15.5. The topological polar surface area (TPSA) is 75.8 Å². The highest BCUT2D eigenvalue weighted by Crippen LogP contribution is 2.41. The van der Waals surface area contributed by atoms with Crippen molar-refractivity contribution in [1.82, 2.24) is 10.1 Å². The molecule has 1 amide bonds. The quantitative estimate of drug-likeness (QED) is 0.918. The molecule has 3 heterocycles. The number of hydrogen-bond donors (Lipinski definition) is 1. The highest BCUT2D eigenvalue weighted by atomic mass is 16.5. The number of hydrogen-bond acceptors (Lipinski definition) is 5. The summed E-state index contributed by atoms with van der Waals surface area (Å²) in [5.74, 6) is -0.0669. The molecule has 22 heavy (non-hydrogen) atoms. The molecule has 0 radical (unpaired) electrons. The Morgan fingerprint density at radius 2 is 2.23 bits per heavy atom. The second-order valence-corrected chi connectivity index (χ2v) is 6.45. The van der Waals surface area contributed by atoms with Crippen LogP contribution in [0.3, 0.4) is 0 Å². The molecule has 2 fully saturated rings. The van der Waals surface area contributed by atoms with Gasteiger partial charge in [0.25, 0.3) is 5.91 Å². The van der Waals surface area contributed by atoms with Gasteiger partial charge in [-0.25, -0.2) is 0 Å². The Labute approximate surface area is 130 Å². The predicted molar refractivity (Wildman–Crippen MR) is 79.5 cm³/mol. The van der Waals surface area contributed by atoms with Crippen molar-refractivity contribution in [3.8, 4) is 0 Å². The van der Waals surface area contributed by atoms with Crippen molar-refractivity contribution >= 4 is 5.91 Å². The van der Waals surface area contributed by atoms with E-state index in [-0.39, 0.29) is 24.0 Å². The Morgan fingerprint density at radius 3 is 2.91 bits per heavy atom. The van der Waals surface area contributed by atoms with Gasteiger partial charge in [-0.2, -0.15) is 0 Å². The van der Waals surface area contributed by atoms with Gasteiger partial charge in [0.1, 0.15) is 11.8 Å². The summed E-state index contributed by atoms with van der Waals surface area (Å²) in [5, 5.41) is 13.6. The molecule has 2 aliphatic rings. The zero-order chi connectivity index (χ0) is 15.6. The van der Waals surface area contributed by atoms with Gasteiger partial charge >= 0.3 is 0 Å². The molecule has 1 atom stereocenters. The molecular formula is C16H24N2O4. The van der Waals surface area contributed by atoms with Crippen LogP contribution in [0, 0.1) is 5.41 Å². The largest absolute Gasteiger partial charge is 0.394 e. The van der Waals surface area contributed by atoms with E-state index in [1.807, 2.05) is 11.8 Å². The lowest BCUT2D eigenvalue weighted by molar-refractivity contribution is -0.0436. The standard InChI is InChI=1S/C16H24N2O4/c1-2-14-13(10-22-17-14)15(20)18-11-16(4-3-12(18)9-19)5-7-21-8-6-16/h10,12,19H,2-9,11H2,1H3. The second-order valence-electron chi connectivity index (χ2n) is 6.45. The first-order chi connectivity index (χ1) is 10.7. The third kappa shape index (κ3) is 2.77. The Morgan fingerprint density at radius 1 is 1.45 bits per heavy atom. The Hall–Kier alpha value is -1.40. The van der Waals surface area contributed by atoms with Crippen molar-refractivity contribution in [2.45, 2.75) is 45.1 Å². The van der Waals surface area contributed by atoms with Crippen LogP contribution in [0.5, 0.6) is 0 Å². The van der Waals surface area contributed by atoms with Crippen LogP contribution in [0.4, 0.5) is 0 Å². The first-order valence-corrected chi connectivity index (χ1v) is 8.12. The summed E-state index contributed by atoms with van der Waals surface area (Å²) in [6.45, 7) is 4.17. The molecule has 6 nitrogen and oxygen atoms in total. The lowest BCUT2D eigenvalue weighted by Gasteiger charge is -2.48. The number of ether oxygens (including phenoxy) is 1. The Kier molecular flexibility index (Phi) is 4.49. The molecule has 1 N–H and O–H groups in total. The predicted octanol–water partition coefficient (Wildman–Crippen LogP) is 1.63. The lowest BCUT2D eigenvalue weighted by atomic mass is 9.72. The van der Waals surface area contributed by atoms with E-state index in [1.54, 1.807) is 0 Å². The van der Waals surface area contributed by atoms with Crippen molar-refractivity contribution in [3.63, 3.8) is 0 Å². The normalized spacial score (nSPS) is 24.6. The molecule has 0 bridgehead atoms. The van der Waals surface area contributed by atoms with Crippen LogP contribution in [0.2, 0.25) is 0 Å². The van der Waals surface area contributed by atoms with Crippen LogP contribution in [-0.2, 0) is 11.2 Å². The van der Waals surface area contributed by atoms with Crippen LogP contribution >= 0.6 is 0 Å². The van der Waals surface area contributed by atoms with E-state index in [4.69, 9.17) is 9.26 Å². The van der Waals surface area contributed by atoms with E-state index in [1.165, 1.54) is 6.26 Å². The number of aliphatic hydroxyl groups is 1. The van der Waals surface area contributed by atoms with E-state index < -0.39 is 0 Å². The van der Waals surface area contributed by atoms with E-state index >= 15 is 0 Å². The maximum Gasteiger partial charge on any atom is 0.259 e. The monoisotopic (exact) mass is 308 g/mol. The number of carbonyl (C=O) groups excluding carboxylic acids is 1. The fourth-order valence-electron chi connectivity index (χ4n) is 3.68. The summed E-state index contributed by atoms with van der Waals surface area (Å²) in [5.41, 5.74) is 1.36. The average molecular weight is 308 g/mol. The summed E-state index contributed by atoms with van der Waals surface area (Å²) in [6, 6.07) is -0.111. The SMILES string of the molecule is CCc1nocc1C(=O)N1CC2(CCOCC2)CCC1CO. The third-order valence-electron chi connectivity index (χ3n) is 5.19. The molecule has 1 aromatic heterocycles. The van der Waals surface area contributed by atoms with Gasteiger partial charge in [-0.15, -0.1) is 0 Å². The van der Waals surface area contributed by atoms with E-state index in [2.05, 4.69) is 5.16 Å². The van der Waals surface area contributed by atoms with Crippen LogP contribution < -0.4 is 0 Å². The first-order valence-electron chi connectivity index (χ1n) is 8.12. The number of carbonyl (C=O) groups is 1. The fraction of sp³-hybridized carbons (Fsp3) is 0.750. The fourth-order valence-corrected chi connectivity index (χ4v) is 3.68. The molecule has 3 rings (SSSR count). The van der Waals surface area contributed by atoms with E-state index in [9.17, 15) is 9.90 Å².